The molecule has 4 nitrogen and oxygen atoms in total. The number of rotatable bonds is 5. The van der Waals surface area contributed by atoms with Gasteiger partial charge in [-0.3, -0.25) is 4.79 Å². The monoisotopic (exact) mass is 295 g/mol. The number of hydrogen-bond donors (Lipinski definition) is 0. The van der Waals surface area contributed by atoms with Gasteiger partial charge in [-0.05, 0) is 18.4 Å². The van der Waals surface area contributed by atoms with Crippen LogP contribution in [0.2, 0.25) is 0 Å². The van der Waals surface area contributed by atoms with E-state index in [4.69, 9.17) is 0 Å². The largest absolute Gasteiger partial charge is 0.334 e. The van der Waals surface area contributed by atoms with Crippen molar-refractivity contribution in [2.24, 2.45) is 0 Å². The van der Waals surface area contributed by atoms with Gasteiger partial charge in [0.2, 0.25) is 5.91 Å². The zero-order valence-electron chi connectivity index (χ0n) is 11.8. The Balaban J connectivity index is 2.15. The normalized spacial score (nSPS) is 20.8. The minimum absolute atomic E-state index is 0.0541. The van der Waals surface area contributed by atoms with Crippen LogP contribution in [0.3, 0.4) is 0 Å². The Labute approximate surface area is 120 Å². The average Bonchev–Trinajstić information content (AvgIpc) is 2.77. The second kappa shape index (κ2) is 6.39. The predicted octanol–water partition coefficient (Wildman–Crippen LogP) is 2.00. The van der Waals surface area contributed by atoms with E-state index in [-0.39, 0.29) is 23.5 Å². The van der Waals surface area contributed by atoms with Gasteiger partial charge >= 0.3 is 0 Å². The summed E-state index contributed by atoms with van der Waals surface area (Å²) in [6, 6.07) is 9.57. The summed E-state index contributed by atoms with van der Waals surface area (Å²) in [5, 5.41) is 0. The average molecular weight is 295 g/mol. The van der Waals surface area contributed by atoms with Crippen molar-refractivity contribution in [1.29, 1.82) is 0 Å². The van der Waals surface area contributed by atoms with Gasteiger partial charge in [0.15, 0.2) is 9.84 Å². The van der Waals surface area contributed by atoms with Crippen LogP contribution in [0.15, 0.2) is 30.3 Å². The third kappa shape index (κ3) is 3.82. The highest BCUT2D eigenvalue weighted by molar-refractivity contribution is 7.91. The molecule has 0 bridgehead atoms. The summed E-state index contributed by atoms with van der Waals surface area (Å²) < 4.78 is 23.3. The minimum atomic E-state index is -2.98. The SMILES string of the molecule is CCCC(=O)N(Cc1ccccc1)C1CCS(=O)(=O)C1. The van der Waals surface area contributed by atoms with Crippen molar-refractivity contribution in [3.8, 4) is 0 Å². The van der Waals surface area contributed by atoms with E-state index in [0.717, 1.165) is 12.0 Å². The summed E-state index contributed by atoms with van der Waals surface area (Å²) in [4.78, 5) is 14.0. The van der Waals surface area contributed by atoms with Gasteiger partial charge in [-0.1, -0.05) is 37.3 Å². The molecule has 0 aliphatic carbocycles. The van der Waals surface area contributed by atoms with Crippen LogP contribution in [0.25, 0.3) is 0 Å². The third-order valence-corrected chi connectivity index (χ3v) is 5.38. The maximum Gasteiger partial charge on any atom is 0.223 e. The predicted molar refractivity (Wildman–Crippen MR) is 79.0 cm³/mol. The lowest BCUT2D eigenvalue weighted by molar-refractivity contribution is -0.133. The lowest BCUT2D eigenvalue weighted by Gasteiger charge is -2.28. The van der Waals surface area contributed by atoms with E-state index >= 15 is 0 Å². The molecular formula is C15H21NO3S. The van der Waals surface area contributed by atoms with Gasteiger partial charge in [-0.25, -0.2) is 8.42 Å². The van der Waals surface area contributed by atoms with E-state index in [1.165, 1.54) is 0 Å². The molecule has 1 amide bonds. The number of benzene rings is 1. The lowest BCUT2D eigenvalue weighted by atomic mass is 10.1. The summed E-state index contributed by atoms with van der Waals surface area (Å²) in [6.07, 6.45) is 1.82. The van der Waals surface area contributed by atoms with Gasteiger partial charge in [-0.2, -0.15) is 0 Å². The molecule has 0 aromatic heterocycles. The van der Waals surface area contributed by atoms with E-state index in [1.807, 2.05) is 37.3 Å². The fraction of sp³-hybridized carbons (Fsp3) is 0.533. The molecule has 0 radical (unpaired) electrons. The number of carbonyl (C=O) groups is 1. The second-order valence-corrected chi connectivity index (χ2v) is 7.54. The molecule has 110 valence electrons. The van der Waals surface area contributed by atoms with Crippen LogP contribution in [0, 0.1) is 0 Å². The molecular weight excluding hydrogens is 274 g/mol. The first kappa shape index (κ1) is 15.0. The molecule has 1 atom stereocenters. The molecule has 2 rings (SSSR count). The standard InChI is InChI=1S/C15H21NO3S/c1-2-6-15(17)16(11-13-7-4-3-5-8-13)14-9-10-20(18,19)12-14/h3-5,7-8,14H,2,6,9-12H2,1H3. The number of carbonyl (C=O) groups excluding carboxylic acids is 1. The topological polar surface area (TPSA) is 54.5 Å². The molecule has 0 saturated carbocycles. The number of amides is 1. The van der Waals surface area contributed by atoms with Crippen molar-refractivity contribution in [1.82, 2.24) is 4.90 Å². The fourth-order valence-corrected chi connectivity index (χ4v) is 4.31. The third-order valence-electron chi connectivity index (χ3n) is 3.63. The molecule has 1 unspecified atom stereocenters. The molecule has 1 saturated heterocycles. The number of hydrogen-bond acceptors (Lipinski definition) is 3. The van der Waals surface area contributed by atoms with Gasteiger partial charge in [-0.15, -0.1) is 0 Å². The van der Waals surface area contributed by atoms with Crippen molar-refractivity contribution in [3.63, 3.8) is 0 Å². The van der Waals surface area contributed by atoms with Crippen molar-refractivity contribution < 1.29 is 13.2 Å². The fourth-order valence-electron chi connectivity index (χ4n) is 2.58. The van der Waals surface area contributed by atoms with Crippen LogP contribution in [0.1, 0.15) is 31.7 Å². The van der Waals surface area contributed by atoms with E-state index in [9.17, 15) is 13.2 Å². The Morgan fingerprint density at radius 3 is 2.55 bits per heavy atom. The molecule has 1 aliphatic heterocycles. The summed E-state index contributed by atoms with van der Waals surface area (Å²) in [5.41, 5.74) is 1.04. The maximum atomic E-state index is 12.3. The maximum absolute atomic E-state index is 12.3. The van der Waals surface area contributed by atoms with Crippen LogP contribution >= 0.6 is 0 Å². The number of nitrogens with zero attached hydrogens (tertiary/aromatic N) is 1. The highest BCUT2D eigenvalue weighted by Crippen LogP contribution is 2.21. The van der Waals surface area contributed by atoms with E-state index in [2.05, 4.69) is 0 Å². The summed E-state index contributed by atoms with van der Waals surface area (Å²) in [6.45, 7) is 2.46. The summed E-state index contributed by atoms with van der Waals surface area (Å²) in [7, 11) is -2.98. The molecule has 1 heterocycles. The van der Waals surface area contributed by atoms with E-state index < -0.39 is 9.84 Å². The highest BCUT2D eigenvalue weighted by atomic mass is 32.2. The Morgan fingerprint density at radius 2 is 2.00 bits per heavy atom. The zero-order chi connectivity index (χ0) is 14.6. The first-order valence-corrected chi connectivity index (χ1v) is 8.88. The van der Waals surface area contributed by atoms with Crippen molar-refractivity contribution in [2.45, 2.75) is 38.8 Å². The number of sulfone groups is 1. The second-order valence-electron chi connectivity index (χ2n) is 5.31. The van der Waals surface area contributed by atoms with Crippen molar-refractivity contribution >= 4 is 15.7 Å². The van der Waals surface area contributed by atoms with Crippen molar-refractivity contribution in [3.05, 3.63) is 35.9 Å². The minimum Gasteiger partial charge on any atom is -0.334 e. The molecule has 1 aromatic carbocycles. The Hall–Kier alpha value is -1.36. The lowest BCUT2D eigenvalue weighted by Crippen LogP contribution is -2.40. The van der Waals surface area contributed by atoms with E-state index in [0.29, 0.717) is 19.4 Å². The van der Waals surface area contributed by atoms with Crippen LogP contribution in [-0.4, -0.2) is 36.8 Å². The molecule has 5 heteroatoms. The summed E-state index contributed by atoms with van der Waals surface area (Å²) in [5.74, 6) is 0.357. The zero-order valence-corrected chi connectivity index (χ0v) is 12.6. The first-order valence-electron chi connectivity index (χ1n) is 7.05. The van der Waals surface area contributed by atoms with Crippen LogP contribution in [0.5, 0.6) is 0 Å². The van der Waals surface area contributed by atoms with Gasteiger partial charge in [0, 0.05) is 19.0 Å². The van der Waals surface area contributed by atoms with Crippen LogP contribution in [0.4, 0.5) is 0 Å². The Morgan fingerprint density at radius 1 is 1.30 bits per heavy atom. The smallest absolute Gasteiger partial charge is 0.223 e. The highest BCUT2D eigenvalue weighted by Gasteiger charge is 2.34. The Bertz CT molecular complexity index is 554. The van der Waals surface area contributed by atoms with Gasteiger partial charge in [0.1, 0.15) is 0 Å². The van der Waals surface area contributed by atoms with E-state index in [1.54, 1.807) is 4.90 Å². The molecule has 20 heavy (non-hydrogen) atoms. The van der Waals surface area contributed by atoms with Crippen LogP contribution < -0.4 is 0 Å². The van der Waals surface area contributed by atoms with Gasteiger partial charge in [0.25, 0.3) is 0 Å². The van der Waals surface area contributed by atoms with Gasteiger partial charge in [0.05, 0.1) is 11.5 Å². The van der Waals surface area contributed by atoms with Crippen molar-refractivity contribution in [2.75, 3.05) is 11.5 Å². The quantitative estimate of drug-likeness (QED) is 0.835. The molecule has 0 N–H and O–H groups in total. The summed E-state index contributed by atoms with van der Waals surface area (Å²) >= 11 is 0. The van der Waals surface area contributed by atoms with Gasteiger partial charge < -0.3 is 4.90 Å². The molecule has 0 spiro atoms. The first-order chi connectivity index (χ1) is 9.52. The molecule has 1 aromatic rings. The molecule has 1 fully saturated rings. The van der Waals surface area contributed by atoms with Crippen LogP contribution in [-0.2, 0) is 21.2 Å². The molecule has 1 aliphatic rings. The Kier molecular flexibility index (Phi) is 4.81.